The summed E-state index contributed by atoms with van der Waals surface area (Å²) in [6, 6.07) is 15.7. The van der Waals surface area contributed by atoms with E-state index in [0.717, 1.165) is 29.3 Å². The van der Waals surface area contributed by atoms with E-state index in [2.05, 4.69) is 10.2 Å². The highest BCUT2D eigenvalue weighted by atomic mass is 32.1. The third-order valence-electron chi connectivity index (χ3n) is 7.18. The summed E-state index contributed by atoms with van der Waals surface area (Å²) < 4.78 is 5.60. The first kappa shape index (κ1) is 22.9. The zero-order chi connectivity index (χ0) is 23.5. The number of amides is 2. The molecular formula is C27H31N3O3S. The van der Waals surface area contributed by atoms with Crippen LogP contribution < -0.4 is 5.32 Å². The van der Waals surface area contributed by atoms with E-state index in [1.54, 1.807) is 29.5 Å². The van der Waals surface area contributed by atoms with Gasteiger partial charge in [-0.1, -0.05) is 37.1 Å². The van der Waals surface area contributed by atoms with Gasteiger partial charge >= 0.3 is 0 Å². The van der Waals surface area contributed by atoms with Crippen LogP contribution in [0.2, 0.25) is 0 Å². The predicted octanol–water partition coefficient (Wildman–Crippen LogP) is 4.81. The van der Waals surface area contributed by atoms with Gasteiger partial charge in [0.25, 0.3) is 5.91 Å². The summed E-state index contributed by atoms with van der Waals surface area (Å²) in [5, 5.41) is 5.21. The van der Waals surface area contributed by atoms with Crippen molar-refractivity contribution in [2.45, 2.75) is 50.2 Å². The van der Waals surface area contributed by atoms with Gasteiger partial charge in [0.1, 0.15) is 5.76 Å². The van der Waals surface area contributed by atoms with Gasteiger partial charge in [0.05, 0.1) is 24.8 Å². The maximum Gasteiger partial charge on any atom is 0.254 e. The molecule has 3 heterocycles. The Morgan fingerprint density at radius 1 is 1.15 bits per heavy atom. The molecule has 0 radical (unpaired) electrons. The first-order valence-corrected chi connectivity index (χ1v) is 12.9. The molecule has 2 aromatic heterocycles. The Bertz CT molecular complexity index is 1110. The lowest BCUT2D eigenvalue weighted by molar-refractivity contribution is -0.124. The largest absolute Gasteiger partial charge is 0.468 e. The van der Waals surface area contributed by atoms with Crippen molar-refractivity contribution in [3.8, 4) is 0 Å². The summed E-state index contributed by atoms with van der Waals surface area (Å²) in [5.41, 5.74) is 1.42. The minimum atomic E-state index is -0.442. The monoisotopic (exact) mass is 477 g/mol. The topological polar surface area (TPSA) is 65.8 Å². The van der Waals surface area contributed by atoms with Crippen LogP contribution in [0.3, 0.4) is 0 Å². The summed E-state index contributed by atoms with van der Waals surface area (Å²) in [6.45, 7) is 2.09. The molecule has 1 N–H and O–H groups in total. The van der Waals surface area contributed by atoms with Crippen molar-refractivity contribution in [3.05, 3.63) is 81.9 Å². The Morgan fingerprint density at radius 3 is 2.71 bits per heavy atom. The molecule has 6 nitrogen and oxygen atoms in total. The molecule has 0 saturated heterocycles. The van der Waals surface area contributed by atoms with E-state index in [9.17, 15) is 9.59 Å². The number of rotatable bonds is 8. The molecule has 178 valence electrons. The van der Waals surface area contributed by atoms with Crippen LogP contribution in [0.4, 0.5) is 0 Å². The van der Waals surface area contributed by atoms with Crippen molar-refractivity contribution in [2.75, 3.05) is 20.1 Å². The molecule has 34 heavy (non-hydrogen) atoms. The molecule has 1 aliphatic carbocycles. The van der Waals surface area contributed by atoms with Gasteiger partial charge in [-0.15, -0.1) is 11.3 Å². The van der Waals surface area contributed by atoms with Gasteiger partial charge in [-0.2, -0.15) is 0 Å². The first-order chi connectivity index (χ1) is 16.6. The molecule has 1 aliphatic heterocycles. The third-order valence-corrected chi connectivity index (χ3v) is 8.12. The number of hydrogen-bond donors (Lipinski definition) is 1. The Balaban J connectivity index is 1.33. The van der Waals surface area contributed by atoms with Crippen LogP contribution >= 0.6 is 11.3 Å². The SMILES string of the molecule is CN1C(=O)c2ccccc2C(C(=O)NCCN(Cc2ccco2)C2CCCC2)C1c1cccs1. The summed E-state index contributed by atoms with van der Waals surface area (Å²) in [4.78, 5) is 31.9. The highest BCUT2D eigenvalue weighted by Gasteiger charge is 2.43. The third kappa shape index (κ3) is 4.55. The fourth-order valence-electron chi connectivity index (χ4n) is 5.47. The normalized spacial score (nSPS) is 20.6. The molecule has 1 aromatic carbocycles. The lowest BCUT2D eigenvalue weighted by Crippen LogP contribution is -2.47. The quantitative estimate of drug-likeness (QED) is 0.506. The Morgan fingerprint density at radius 2 is 1.97 bits per heavy atom. The van der Waals surface area contributed by atoms with Crippen molar-refractivity contribution in [3.63, 3.8) is 0 Å². The molecule has 0 spiro atoms. The van der Waals surface area contributed by atoms with Gasteiger partial charge < -0.3 is 14.6 Å². The zero-order valence-corrected chi connectivity index (χ0v) is 20.3. The smallest absolute Gasteiger partial charge is 0.254 e. The van der Waals surface area contributed by atoms with E-state index in [4.69, 9.17) is 4.42 Å². The average molecular weight is 478 g/mol. The van der Waals surface area contributed by atoms with E-state index in [0.29, 0.717) is 18.2 Å². The molecule has 1 saturated carbocycles. The summed E-state index contributed by atoms with van der Waals surface area (Å²) >= 11 is 1.59. The van der Waals surface area contributed by atoms with Crippen LogP contribution in [0.1, 0.15) is 64.2 Å². The highest BCUT2D eigenvalue weighted by molar-refractivity contribution is 7.10. The van der Waals surface area contributed by atoms with Gasteiger partial charge in [-0.05, 0) is 48.1 Å². The van der Waals surface area contributed by atoms with E-state index >= 15 is 0 Å². The van der Waals surface area contributed by atoms with Crippen molar-refractivity contribution >= 4 is 23.2 Å². The molecule has 5 rings (SSSR count). The number of nitrogens with zero attached hydrogens (tertiary/aromatic N) is 2. The molecule has 3 aromatic rings. The van der Waals surface area contributed by atoms with Gasteiger partial charge in [-0.3, -0.25) is 14.5 Å². The van der Waals surface area contributed by atoms with Gasteiger partial charge in [0.15, 0.2) is 0 Å². The standard InChI is InChI=1S/C27H31N3O3S/c1-29-25(23-13-7-17-34-23)24(21-11-4-5-12-22(21)27(29)32)26(31)28-14-15-30(19-8-2-3-9-19)18-20-10-6-16-33-20/h4-7,10-13,16-17,19,24-25H,2-3,8-9,14-15,18H2,1H3,(H,28,31). The highest BCUT2D eigenvalue weighted by Crippen LogP contribution is 2.43. The van der Waals surface area contributed by atoms with Crippen LogP contribution in [0.5, 0.6) is 0 Å². The Hall–Kier alpha value is -2.90. The lowest BCUT2D eigenvalue weighted by atomic mass is 9.82. The zero-order valence-electron chi connectivity index (χ0n) is 19.5. The number of fused-ring (bicyclic) bond motifs is 1. The number of carbonyl (C=O) groups excluding carboxylic acids is 2. The minimum absolute atomic E-state index is 0.0328. The van der Waals surface area contributed by atoms with Crippen molar-refractivity contribution in [2.24, 2.45) is 0 Å². The van der Waals surface area contributed by atoms with Gasteiger partial charge in [0, 0.05) is 36.6 Å². The van der Waals surface area contributed by atoms with E-state index in [-0.39, 0.29) is 17.9 Å². The van der Waals surface area contributed by atoms with Crippen molar-refractivity contribution in [1.82, 2.24) is 15.1 Å². The maximum atomic E-state index is 13.7. The molecular weight excluding hydrogens is 446 g/mol. The van der Waals surface area contributed by atoms with Crippen LogP contribution in [-0.2, 0) is 11.3 Å². The average Bonchev–Trinajstić information content (AvgIpc) is 3.64. The summed E-state index contributed by atoms with van der Waals surface area (Å²) in [6.07, 6.45) is 6.61. The van der Waals surface area contributed by atoms with E-state index < -0.39 is 5.92 Å². The minimum Gasteiger partial charge on any atom is -0.468 e. The summed E-state index contributed by atoms with van der Waals surface area (Å²) in [5.74, 6) is 0.443. The van der Waals surface area contributed by atoms with Crippen LogP contribution in [0, 0.1) is 0 Å². The first-order valence-electron chi connectivity index (χ1n) is 12.1. The molecule has 2 unspecified atom stereocenters. The maximum absolute atomic E-state index is 13.7. The number of thiophene rings is 1. The number of nitrogens with one attached hydrogen (secondary N) is 1. The number of likely N-dealkylation sites (N-methyl/N-ethyl adjacent to an activating group) is 1. The van der Waals surface area contributed by atoms with Crippen molar-refractivity contribution < 1.29 is 14.0 Å². The fraction of sp³-hybridized carbons (Fsp3) is 0.407. The number of furan rings is 1. The number of hydrogen-bond acceptors (Lipinski definition) is 5. The fourth-order valence-corrected chi connectivity index (χ4v) is 6.37. The Kier molecular flexibility index (Phi) is 6.83. The second kappa shape index (κ2) is 10.2. The Labute approximate surface area is 204 Å². The van der Waals surface area contributed by atoms with Crippen molar-refractivity contribution in [1.29, 1.82) is 0 Å². The summed E-state index contributed by atoms with van der Waals surface area (Å²) in [7, 11) is 1.80. The molecule has 2 atom stereocenters. The molecule has 1 fully saturated rings. The number of benzene rings is 1. The van der Waals surface area contributed by atoms with Crippen LogP contribution in [0.25, 0.3) is 0 Å². The second-order valence-electron chi connectivity index (χ2n) is 9.22. The van der Waals surface area contributed by atoms with Crippen LogP contribution in [0.15, 0.2) is 64.6 Å². The van der Waals surface area contributed by atoms with E-state index in [1.807, 2.05) is 53.9 Å². The number of carbonyl (C=O) groups is 2. The molecule has 7 heteroatoms. The molecule has 0 bridgehead atoms. The predicted molar refractivity (Wildman–Crippen MR) is 133 cm³/mol. The second-order valence-corrected chi connectivity index (χ2v) is 10.2. The molecule has 2 aliphatic rings. The van der Waals surface area contributed by atoms with Gasteiger partial charge in [-0.25, -0.2) is 0 Å². The van der Waals surface area contributed by atoms with E-state index in [1.165, 1.54) is 25.7 Å². The molecule has 2 amide bonds. The van der Waals surface area contributed by atoms with Gasteiger partial charge in [0.2, 0.25) is 5.91 Å². The van der Waals surface area contributed by atoms with Crippen LogP contribution in [-0.4, -0.2) is 47.8 Å². The lowest BCUT2D eigenvalue weighted by Gasteiger charge is -2.39.